The molecular weight excluding hydrogens is 445 g/mol. The van der Waals surface area contributed by atoms with Gasteiger partial charge in [-0.25, -0.2) is 4.79 Å². The first kappa shape index (κ1) is 20.7. The van der Waals surface area contributed by atoms with Gasteiger partial charge in [-0.05, 0) is 43.7 Å². The molecule has 2 N–H and O–H groups in total. The van der Waals surface area contributed by atoms with Crippen LogP contribution in [0.3, 0.4) is 0 Å². The standard InChI is InChI=1S/C22H17Cl2NO4S/c1-10(2)28-21(26)18-16(12-8-7-11(23)9-14(12)24)17-19(29-20(18)25)13-5-3-4-6-15(13)30-22(17)27/h3-10,16H,25H2,1-2H3/t16-/m0/s1. The van der Waals surface area contributed by atoms with Crippen molar-refractivity contribution >= 4 is 50.6 Å². The minimum atomic E-state index is -0.849. The van der Waals surface area contributed by atoms with Crippen molar-refractivity contribution in [3.8, 4) is 5.75 Å². The number of carbonyl (C=O) groups excluding carboxylic acids is 1. The van der Waals surface area contributed by atoms with Crippen molar-refractivity contribution < 1.29 is 14.3 Å². The first-order chi connectivity index (χ1) is 14.3. The second-order valence-electron chi connectivity index (χ2n) is 7.06. The van der Waals surface area contributed by atoms with E-state index in [1.807, 2.05) is 24.3 Å². The van der Waals surface area contributed by atoms with Crippen LogP contribution in [-0.2, 0) is 9.53 Å². The van der Waals surface area contributed by atoms with E-state index in [0.717, 1.165) is 21.4 Å². The second-order valence-corrected chi connectivity index (χ2v) is 8.92. The smallest absolute Gasteiger partial charge is 0.340 e. The summed E-state index contributed by atoms with van der Waals surface area (Å²) in [6, 6.07) is 12.2. The number of halogens is 2. The van der Waals surface area contributed by atoms with E-state index >= 15 is 0 Å². The van der Waals surface area contributed by atoms with Crippen LogP contribution in [0.5, 0.6) is 5.75 Å². The van der Waals surface area contributed by atoms with E-state index in [0.29, 0.717) is 26.9 Å². The summed E-state index contributed by atoms with van der Waals surface area (Å²) >= 11 is 13.6. The summed E-state index contributed by atoms with van der Waals surface area (Å²) in [5, 5.41) is 1.47. The van der Waals surface area contributed by atoms with Gasteiger partial charge >= 0.3 is 5.97 Å². The molecule has 1 aromatic heterocycles. The molecule has 8 heteroatoms. The van der Waals surface area contributed by atoms with Crippen LogP contribution < -0.4 is 15.2 Å². The number of hydrogen-bond donors (Lipinski definition) is 1. The Morgan fingerprint density at radius 3 is 2.63 bits per heavy atom. The zero-order valence-corrected chi connectivity index (χ0v) is 18.4. The van der Waals surface area contributed by atoms with Gasteiger partial charge in [0.25, 0.3) is 0 Å². The van der Waals surface area contributed by atoms with Gasteiger partial charge in [-0.1, -0.05) is 52.7 Å². The molecule has 0 amide bonds. The number of fused-ring (bicyclic) bond motifs is 3. The number of esters is 1. The molecule has 0 saturated heterocycles. The van der Waals surface area contributed by atoms with Gasteiger partial charge in [0.1, 0.15) is 11.3 Å². The third-order valence-corrected chi connectivity index (χ3v) is 6.23. The largest absolute Gasteiger partial charge is 0.459 e. The van der Waals surface area contributed by atoms with Gasteiger partial charge in [-0.15, -0.1) is 0 Å². The molecule has 0 radical (unpaired) electrons. The lowest BCUT2D eigenvalue weighted by Gasteiger charge is -2.29. The zero-order valence-electron chi connectivity index (χ0n) is 16.1. The molecule has 1 atom stereocenters. The third-order valence-electron chi connectivity index (χ3n) is 4.69. The maximum Gasteiger partial charge on any atom is 0.340 e. The molecule has 0 spiro atoms. The highest BCUT2D eigenvalue weighted by molar-refractivity contribution is 7.16. The second kappa shape index (κ2) is 7.95. The van der Waals surface area contributed by atoms with Crippen LogP contribution in [0, 0.1) is 0 Å². The summed E-state index contributed by atoms with van der Waals surface area (Å²) in [6.07, 6.45) is -0.383. The Kier molecular flexibility index (Phi) is 5.49. The zero-order chi connectivity index (χ0) is 21.6. The van der Waals surface area contributed by atoms with Crippen LogP contribution >= 0.6 is 34.5 Å². The molecule has 0 fully saturated rings. The van der Waals surface area contributed by atoms with Crippen LogP contribution in [0.25, 0.3) is 10.1 Å². The Hall–Kier alpha value is -2.54. The fourth-order valence-corrected chi connectivity index (χ4v) is 4.94. The minimum absolute atomic E-state index is 0.0417. The van der Waals surface area contributed by atoms with Gasteiger partial charge in [0.05, 0.1) is 17.6 Å². The fourth-order valence-electron chi connectivity index (χ4n) is 3.49. The minimum Gasteiger partial charge on any atom is -0.459 e. The highest BCUT2D eigenvalue weighted by atomic mass is 35.5. The molecule has 2 heterocycles. The fraction of sp³-hybridized carbons (Fsp3) is 0.182. The maximum atomic E-state index is 13.2. The van der Waals surface area contributed by atoms with Crippen molar-refractivity contribution in [3.05, 3.63) is 84.6 Å². The topological polar surface area (TPSA) is 78.6 Å². The van der Waals surface area contributed by atoms with E-state index in [4.69, 9.17) is 38.4 Å². The van der Waals surface area contributed by atoms with Crippen molar-refractivity contribution in [3.63, 3.8) is 0 Å². The SMILES string of the molecule is CC(C)OC(=O)C1=C(N)Oc2c(c(=O)sc3ccccc23)[C@@H]1c1ccc(Cl)cc1Cl. The number of nitrogens with two attached hydrogens (primary N) is 1. The quantitative estimate of drug-likeness (QED) is 0.541. The molecule has 2 aromatic carbocycles. The number of hydrogen-bond acceptors (Lipinski definition) is 6. The van der Waals surface area contributed by atoms with E-state index in [1.54, 1.807) is 32.0 Å². The molecule has 0 unspecified atom stereocenters. The molecule has 4 rings (SSSR count). The molecule has 154 valence electrons. The van der Waals surface area contributed by atoms with Crippen LogP contribution in [0.4, 0.5) is 0 Å². The van der Waals surface area contributed by atoms with Gasteiger partial charge in [-0.2, -0.15) is 0 Å². The van der Waals surface area contributed by atoms with E-state index < -0.39 is 11.9 Å². The van der Waals surface area contributed by atoms with E-state index in [2.05, 4.69) is 0 Å². The van der Waals surface area contributed by atoms with E-state index in [1.165, 1.54) is 0 Å². The summed E-state index contributed by atoms with van der Waals surface area (Å²) in [4.78, 5) is 26.1. The number of ether oxygens (including phenoxy) is 2. The average molecular weight is 462 g/mol. The first-order valence-electron chi connectivity index (χ1n) is 9.17. The molecule has 0 aliphatic carbocycles. The van der Waals surface area contributed by atoms with Crippen LogP contribution in [0.15, 0.2) is 58.7 Å². The third kappa shape index (κ3) is 3.55. The predicted molar refractivity (Wildman–Crippen MR) is 119 cm³/mol. The van der Waals surface area contributed by atoms with Crippen molar-refractivity contribution in [2.24, 2.45) is 5.73 Å². The van der Waals surface area contributed by atoms with Crippen LogP contribution in [-0.4, -0.2) is 12.1 Å². The van der Waals surface area contributed by atoms with Gasteiger partial charge in [0.15, 0.2) is 0 Å². The van der Waals surface area contributed by atoms with E-state index in [-0.39, 0.29) is 22.3 Å². The average Bonchev–Trinajstić information content (AvgIpc) is 2.66. The molecular formula is C22H17Cl2NO4S. The lowest BCUT2D eigenvalue weighted by Crippen LogP contribution is -2.31. The number of carbonyl (C=O) groups is 1. The number of rotatable bonds is 3. The maximum absolute atomic E-state index is 13.2. The van der Waals surface area contributed by atoms with Crippen molar-refractivity contribution in [1.82, 2.24) is 0 Å². The van der Waals surface area contributed by atoms with Crippen molar-refractivity contribution in [2.45, 2.75) is 25.9 Å². The van der Waals surface area contributed by atoms with Crippen LogP contribution in [0.1, 0.15) is 30.9 Å². The van der Waals surface area contributed by atoms with Gasteiger partial charge in [0, 0.05) is 20.1 Å². The Bertz CT molecular complexity index is 1270. The Balaban J connectivity index is 2.05. The molecule has 3 aromatic rings. The Morgan fingerprint density at radius 2 is 1.93 bits per heavy atom. The predicted octanol–water partition coefficient (Wildman–Crippen LogP) is 5.21. The highest BCUT2D eigenvalue weighted by Gasteiger charge is 2.39. The molecule has 5 nitrogen and oxygen atoms in total. The summed E-state index contributed by atoms with van der Waals surface area (Å²) in [5.74, 6) is -1.31. The number of benzene rings is 2. The summed E-state index contributed by atoms with van der Waals surface area (Å²) in [5.41, 5.74) is 7.07. The summed E-state index contributed by atoms with van der Waals surface area (Å²) < 4.78 is 11.7. The van der Waals surface area contributed by atoms with Gasteiger partial charge < -0.3 is 15.2 Å². The monoisotopic (exact) mass is 461 g/mol. The normalized spacial score (nSPS) is 15.8. The first-order valence-corrected chi connectivity index (χ1v) is 10.7. The van der Waals surface area contributed by atoms with Gasteiger partial charge in [-0.3, -0.25) is 4.79 Å². The molecule has 0 saturated carbocycles. The van der Waals surface area contributed by atoms with Crippen molar-refractivity contribution in [2.75, 3.05) is 0 Å². The molecule has 1 aliphatic rings. The Morgan fingerprint density at radius 1 is 1.20 bits per heavy atom. The highest BCUT2D eigenvalue weighted by Crippen LogP contribution is 2.46. The Labute approximate surface area is 186 Å². The summed E-state index contributed by atoms with van der Waals surface area (Å²) in [6.45, 7) is 3.45. The lowest BCUT2D eigenvalue weighted by molar-refractivity contribution is -0.143. The van der Waals surface area contributed by atoms with Gasteiger partial charge in [0.2, 0.25) is 10.6 Å². The van der Waals surface area contributed by atoms with Crippen LogP contribution in [0.2, 0.25) is 10.0 Å². The molecule has 0 bridgehead atoms. The summed E-state index contributed by atoms with van der Waals surface area (Å²) in [7, 11) is 0. The molecule has 30 heavy (non-hydrogen) atoms. The van der Waals surface area contributed by atoms with E-state index in [9.17, 15) is 9.59 Å². The van der Waals surface area contributed by atoms with Crippen molar-refractivity contribution in [1.29, 1.82) is 0 Å². The lowest BCUT2D eigenvalue weighted by atomic mass is 9.83. The molecule has 1 aliphatic heterocycles.